The zero-order valence-corrected chi connectivity index (χ0v) is 23.5. The molecule has 0 aromatic carbocycles. The van der Waals surface area contributed by atoms with Crippen molar-refractivity contribution in [3.05, 3.63) is 46.6 Å². The van der Waals surface area contributed by atoms with E-state index in [0.717, 1.165) is 22.8 Å². The molecule has 216 valence electrons. The van der Waals surface area contributed by atoms with Gasteiger partial charge in [0.25, 0.3) is 11.8 Å². The van der Waals surface area contributed by atoms with Gasteiger partial charge in [-0.05, 0) is 24.6 Å². The fraction of sp³-hybridized carbons (Fsp3) is 0.417. The number of oxime groups is 1. The Morgan fingerprint density at radius 1 is 1.38 bits per heavy atom. The van der Waals surface area contributed by atoms with Crippen molar-refractivity contribution < 1.29 is 38.0 Å². The molecule has 3 amide bonds. The molecule has 16 heteroatoms. The number of fused-ring (bicyclic) bond motifs is 1. The number of thiazole rings is 1. The van der Waals surface area contributed by atoms with E-state index in [1.54, 1.807) is 12.2 Å². The van der Waals surface area contributed by atoms with E-state index in [4.69, 9.17) is 16.3 Å². The van der Waals surface area contributed by atoms with Crippen LogP contribution in [0.25, 0.3) is 0 Å². The lowest BCUT2D eigenvalue weighted by molar-refractivity contribution is -0.896. The highest BCUT2D eigenvalue weighted by Crippen LogP contribution is 2.40. The summed E-state index contributed by atoms with van der Waals surface area (Å²) >= 11 is 2.37. The van der Waals surface area contributed by atoms with Crippen LogP contribution in [0.2, 0.25) is 0 Å². The second kappa shape index (κ2) is 13.5. The molecular weight excluding hydrogens is 565 g/mol. The van der Waals surface area contributed by atoms with Crippen molar-refractivity contribution in [3.63, 3.8) is 0 Å². The van der Waals surface area contributed by atoms with Gasteiger partial charge in [0.1, 0.15) is 36.1 Å². The van der Waals surface area contributed by atoms with E-state index in [1.807, 2.05) is 20.0 Å². The predicted octanol–water partition coefficient (Wildman–Crippen LogP) is 0.218. The molecule has 3 atom stereocenters. The van der Waals surface area contributed by atoms with Crippen LogP contribution in [0, 0.1) is 0 Å². The number of nitrogens with one attached hydrogen (secondary N) is 1. The quantitative estimate of drug-likeness (QED) is 0.0581. The number of quaternary nitrogens is 1. The number of allylic oxidation sites excluding steroid dienone is 1. The van der Waals surface area contributed by atoms with Crippen LogP contribution in [0.15, 0.2) is 46.1 Å². The number of rotatable bonds is 14. The van der Waals surface area contributed by atoms with E-state index in [1.165, 1.54) is 23.2 Å². The summed E-state index contributed by atoms with van der Waals surface area (Å²) in [6.45, 7) is 2.64. The Morgan fingerprint density at radius 2 is 2.10 bits per heavy atom. The summed E-state index contributed by atoms with van der Waals surface area (Å²) in [4.78, 5) is 59.1. The molecule has 1 aromatic heterocycles. The topological polar surface area (TPSA) is 190 Å². The van der Waals surface area contributed by atoms with Gasteiger partial charge in [0.05, 0.1) is 26.7 Å². The molecule has 2 aliphatic rings. The van der Waals surface area contributed by atoms with E-state index in [9.17, 15) is 28.7 Å². The Labute approximate surface area is 238 Å². The summed E-state index contributed by atoms with van der Waals surface area (Å²) in [6.07, 6.45) is 6.53. The monoisotopic (exact) mass is 596 g/mol. The van der Waals surface area contributed by atoms with Gasteiger partial charge in [-0.15, -0.1) is 23.1 Å². The zero-order chi connectivity index (χ0) is 29.4. The molecule has 3 rings (SSSR count). The highest BCUT2D eigenvalue weighted by atomic mass is 32.2. The van der Waals surface area contributed by atoms with Gasteiger partial charge in [0.2, 0.25) is 5.91 Å². The number of carbonyl (C=O) groups is 4. The van der Waals surface area contributed by atoms with Crippen molar-refractivity contribution in [3.8, 4) is 0 Å². The van der Waals surface area contributed by atoms with Crippen LogP contribution < -0.4 is 16.8 Å². The van der Waals surface area contributed by atoms with Gasteiger partial charge < -0.3 is 31.2 Å². The van der Waals surface area contributed by atoms with Gasteiger partial charge in [0, 0.05) is 17.2 Å². The van der Waals surface area contributed by atoms with Crippen molar-refractivity contribution in [2.75, 3.05) is 51.4 Å². The fourth-order valence-corrected chi connectivity index (χ4v) is 5.80. The number of aliphatic carboxylic acids is 1. The number of halogens is 1. The molecular formula is C24H31FN7O6S2+. The van der Waals surface area contributed by atoms with Crippen LogP contribution in [0.3, 0.4) is 0 Å². The molecule has 0 saturated carbocycles. The lowest BCUT2D eigenvalue weighted by Crippen LogP contribution is -2.71. The SMILES string of the molecule is CC[N+](C)(C/C=C/C(N)=O)C/C=C/C1=C(C(=O)O)N2C(=O)C(NC(=O)/C(=N\OCCF)c3csc(N)n3)C2SC1. The van der Waals surface area contributed by atoms with E-state index in [-0.39, 0.29) is 28.8 Å². The number of aromatic nitrogens is 1. The normalized spacial score (nSPS) is 20.8. The maximum atomic E-state index is 13.0. The van der Waals surface area contributed by atoms with Gasteiger partial charge in [-0.3, -0.25) is 19.3 Å². The number of nitrogens with zero attached hydrogens (tertiary/aromatic N) is 4. The summed E-state index contributed by atoms with van der Waals surface area (Å²) < 4.78 is 13.0. The molecule has 3 heterocycles. The number of alkyl halides is 1. The van der Waals surface area contributed by atoms with Crippen LogP contribution in [0.1, 0.15) is 12.6 Å². The first-order valence-corrected chi connectivity index (χ1v) is 14.1. The standard InChI is InChI=1S/C24H30FN7O6S2/c1-3-32(2,10-5-7-16(26)33)9-4-6-14-12-39-22-18(21(35)31(22)19(14)23(36)37)29-20(34)17(30-38-11-8-25)15-13-40-24(27)28-15/h4-7,13,18,22H,3,8-12H2,1-2H3,(H5-,26,27,28,29,33,34,36,37)/p+1/b6-4+,7-5+,30-17-. The Bertz CT molecular complexity index is 1280. The predicted molar refractivity (Wildman–Crippen MR) is 149 cm³/mol. The van der Waals surface area contributed by atoms with Gasteiger partial charge in [-0.2, -0.15) is 0 Å². The Morgan fingerprint density at radius 3 is 2.70 bits per heavy atom. The number of carbonyl (C=O) groups excluding carboxylic acids is 3. The van der Waals surface area contributed by atoms with E-state index >= 15 is 0 Å². The molecule has 0 radical (unpaired) electrons. The van der Waals surface area contributed by atoms with Gasteiger partial charge >= 0.3 is 5.97 Å². The second-order valence-corrected chi connectivity index (χ2v) is 11.1. The number of β-lactam (4-membered cyclic amide) rings is 1. The van der Waals surface area contributed by atoms with Gasteiger partial charge in [-0.1, -0.05) is 11.2 Å². The maximum absolute atomic E-state index is 13.0. The molecule has 1 aromatic rings. The molecule has 0 aliphatic carbocycles. The average Bonchev–Trinajstić information content (AvgIpc) is 3.34. The molecule has 1 saturated heterocycles. The summed E-state index contributed by atoms with van der Waals surface area (Å²) in [5.74, 6) is -2.89. The number of primary amides is 1. The fourth-order valence-electron chi connectivity index (χ4n) is 3.93. The number of carboxylic acid groups (broad SMARTS) is 1. The van der Waals surface area contributed by atoms with Crippen molar-refractivity contribution in [1.29, 1.82) is 0 Å². The van der Waals surface area contributed by atoms with Crippen LogP contribution in [0.5, 0.6) is 0 Å². The zero-order valence-electron chi connectivity index (χ0n) is 21.9. The number of hydrogen-bond acceptors (Lipinski definition) is 10. The van der Waals surface area contributed by atoms with Crippen molar-refractivity contribution >= 4 is 57.6 Å². The van der Waals surface area contributed by atoms with Crippen LogP contribution in [-0.2, 0) is 24.0 Å². The van der Waals surface area contributed by atoms with Gasteiger partial charge in [0.15, 0.2) is 10.8 Å². The summed E-state index contributed by atoms with van der Waals surface area (Å²) in [6, 6.07) is -1.02. The van der Waals surface area contributed by atoms with Crippen LogP contribution in [0.4, 0.5) is 9.52 Å². The molecule has 3 unspecified atom stereocenters. The number of anilines is 1. The lowest BCUT2D eigenvalue weighted by Gasteiger charge is -2.49. The lowest BCUT2D eigenvalue weighted by atomic mass is 10.0. The number of nitrogens with two attached hydrogens (primary N) is 2. The smallest absolute Gasteiger partial charge is 0.352 e. The molecule has 6 N–H and O–H groups in total. The van der Waals surface area contributed by atoms with E-state index in [0.29, 0.717) is 28.9 Å². The Kier molecular flexibility index (Phi) is 10.4. The Balaban J connectivity index is 1.74. The average molecular weight is 597 g/mol. The number of likely N-dealkylation sites (N-methyl/N-ethyl adjacent to an activating group) is 1. The van der Waals surface area contributed by atoms with E-state index in [2.05, 4.69) is 15.5 Å². The third-order valence-electron chi connectivity index (χ3n) is 6.25. The highest BCUT2D eigenvalue weighted by Gasteiger charge is 2.54. The summed E-state index contributed by atoms with van der Waals surface area (Å²) in [5.41, 5.74) is 10.9. The molecule has 40 heavy (non-hydrogen) atoms. The first kappa shape index (κ1) is 30.8. The van der Waals surface area contributed by atoms with Crippen LogP contribution in [-0.4, -0.2) is 106 Å². The third-order valence-corrected chi connectivity index (χ3v) is 8.22. The minimum absolute atomic E-state index is 0.0972. The number of amides is 3. The molecule has 13 nitrogen and oxygen atoms in total. The second-order valence-electron chi connectivity index (χ2n) is 9.08. The highest BCUT2D eigenvalue weighted by molar-refractivity contribution is 8.00. The third kappa shape index (κ3) is 7.25. The Hall–Kier alpha value is -3.76. The molecule has 2 aliphatic heterocycles. The molecule has 0 spiro atoms. The first-order chi connectivity index (χ1) is 19.0. The number of thioether (sulfide) groups is 1. The van der Waals surface area contributed by atoms with E-state index < -0.39 is 41.8 Å². The number of carboxylic acids is 1. The van der Waals surface area contributed by atoms with Gasteiger partial charge in [-0.25, -0.2) is 14.2 Å². The number of hydrogen-bond donors (Lipinski definition) is 4. The number of nitrogen functional groups attached to an aromatic ring is 1. The summed E-state index contributed by atoms with van der Waals surface area (Å²) in [5, 5.41) is 17.1. The van der Waals surface area contributed by atoms with Crippen LogP contribution >= 0.6 is 23.1 Å². The van der Waals surface area contributed by atoms with Crippen molar-refractivity contribution in [2.24, 2.45) is 10.9 Å². The molecule has 1 fully saturated rings. The summed E-state index contributed by atoms with van der Waals surface area (Å²) in [7, 11) is 1.99. The van der Waals surface area contributed by atoms with Crippen molar-refractivity contribution in [1.82, 2.24) is 15.2 Å². The maximum Gasteiger partial charge on any atom is 0.352 e. The first-order valence-electron chi connectivity index (χ1n) is 12.2. The van der Waals surface area contributed by atoms with Crippen molar-refractivity contribution in [2.45, 2.75) is 18.3 Å². The minimum Gasteiger partial charge on any atom is -0.477 e. The largest absolute Gasteiger partial charge is 0.477 e. The minimum atomic E-state index is -1.26. The molecule has 0 bridgehead atoms.